The number of aliphatic carboxylic acids is 1. The molecular formula is C18H24ClNO6. The van der Waals surface area contributed by atoms with E-state index in [1.165, 1.54) is 0 Å². The first-order valence-corrected chi connectivity index (χ1v) is 8.87. The summed E-state index contributed by atoms with van der Waals surface area (Å²) >= 11 is 5.81. The number of esters is 1. The van der Waals surface area contributed by atoms with E-state index >= 15 is 0 Å². The second-order valence-electron chi connectivity index (χ2n) is 5.62. The lowest BCUT2D eigenvalue weighted by Gasteiger charge is -2.18. The van der Waals surface area contributed by atoms with Gasteiger partial charge in [0, 0.05) is 24.4 Å². The van der Waals surface area contributed by atoms with Gasteiger partial charge in [-0.05, 0) is 30.5 Å². The largest absolute Gasteiger partial charge is 0.481 e. The molecule has 0 heterocycles. The number of amides is 1. The van der Waals surface area contributed by atoms with Crippen LogP contribution in [0.5, 0.6) is 0 Å². The predicted molar refractivity (Wildman–Crippen MR) is 96.0 cm³/mol. The standard InChI is InChI=1S/C18H24ClNO6/c1-3-5-16(25-15(21)4-2)26-18(24)20-11-10-14(17(22)23)12-6-8-13(19)9-7-12/h6-9,14,16H,3-5,10-11H2,1-2H3,(H,20,24)(H,22,23). The smallest absolute Gasteiger partial charge is 0.410 e. The number of carboxylic acid groups (broad SMARTS) is 1. The fourth-order valence-electron chi connectivity index (χ4n) is 2.21. The molecule has 8 heteroatoms. The molecule has 7 nitrogen and oxygen atoms in total. The lowest BCUT2D eigenvalue weighted by atomic mass is 9.96. The van der Waals surface area contributed by atoms with Crippen LogP contribution in [0.4, 0.5) is 4.79 Å². The van der Waals surface area contributed by atoms with Gasteiger partial charge in [0.2, 0.25) is 6.29 Å². The average molecular weight is 386 g/mol. The number of carboxylic acids is 1. The Morgan fingerprint density at radius 3 is 2.31 bits per heavy atom. The molecule has 2 unspecified atom stereocenters. The van der Waals surface area contributed by atoms with Gasteiger partial charge in [0.1, 0.15) is 0 Å². The van der Waals surface area contributed by atoms with Crippen molar-refractivity contribution >= 4 is 29.6 Å². The first-order valence-electron chi connectivity index (χ1n) is 8.49. The van der Waals surface area contributed by atoms with E-state index in [0.29, 0.717) is 23.4 Å². The summed E-state index contributed by atoms with van der Waals surface area (Å²) in [5.41, 5.74) is 0.595. The van der Waals surface area contributed by atoms with Gasteiger partial charge in [0.25, 0.3) is 0 Å². The van der Waals surface area contributed by atoms with Crippen molar-refractivity contribution in [2.24, 2.45) is 0 Å². The molecule has 144 valence electrons. The number of carbonyl (C=O) groups excluding carboxylic acids is 2. The Kier molecular flexibility index (Phi) is 9.51. The number of carbonyl (C=O) groups is 3. The fourth-order valence-corrected chi connectivity index (χ4v) is 2.34. The molecule has 26 heavy (non-hydrogen) atoms. The lowest BCUT2D eigenvalue weighted by molar-refractivity contribution is -0.168. The highest BCUT2D eigenvalue weighted by Crippen LogP contribution is 2.21. The van der Waals surface area contributed by atoms with Crippen molar-refractivity contribution in [2.75, 3.05) is 6.54 Å². The van der Waals surface area contributed by atoms with Gasteiger partial charge in [0.05, 0.1) is 5.92 Å². The molecule has 0 aliphatic heterocycles. The molecule has 0 saturated carbocycles. The van der Waals surface area contributed by atoms with Gasteiger partial charge in [0.15, 0.2) is 0 Å². The van der Waals surface area contributed by atoms with Gasteiger partial charge >= 0.3 is 18.0 Å². The molecule has 0 aliphatic rings. The van der Waals surface area contributed by atoms with Crippen LogP contribution < -0.4 is 5.32 Å². The summed E-state index contributed by atoms with van der Waals surface area (Å²) in [5, 5.41) is 12.4. The highest BCUT2D eigenvalue weighted by atomic mass is 35.5. The second kappa shape index (κ2) is 11.4. The van der Waals surface area contributed by atoms with Crippen LogP contribution in [0, 0.1) is 0 Å². The van der Waals surface area contributed by atoms with E-state index in [-0.39, 0.29) is 19.4 Å². The number of benzene rings is 1. The summed E-state index contributed by atoms with van der Waals surface area (Å²) in [6, 6.07) is 6.51. The number of hydrogen-bond acceptors (Lipinski definition) is 5. The van der Waals surface area contributed by atoms with Crippen molar-refractivity contribution in [3.05, 3.63) is 34.9 Å². The van der Waals surface area contributed by atoms with Crippen LogP contribution in [-0.2, 0) is 19.1 Å². The average Bonchev–Trinajstić information content (AvgIpc) is 2.59. The van der Waals surface area contributed by atoms with Gasteiger partial charge in [-0.2, -0.15) is 0 Å². The van der Waals surface area contributed by atoms with E-state index in [0.717, 1.165) is 0 Å². The molecule has 0 bridgehead atoms. The van der Waals surface area contributed by atoms with Crippen LogP contribution in [0.15, 0.2) is 24.3 Å². The third kappa shape index (κ3) is 7.74. The molecule has 2 atom stereocenters. The number of nitrogens with one attached hydrogen (secondary N) is 1. The highest BCUT2D eigenvalue weighted by Gasteiger charge is 2.21. The zero-order valence-corrected chi connectivity index (χ0v) is 15.6. The third-order valence-electron chi connectivity index (χ3n) is 3.59. The van der Waals surface area contributed by atoms with Crippen LogP contribution in [0.2, 0.25) is 5.02 Å². The van der Waals surface area contributed by atoms with Crippen molar-refractivity contribution in [3.63, 3.8) is 0 Å². The maximum atomic E-state index is 11.8. The Morgan fingerprint density at radius 1 is 1.12 bits per heavy atom. The lowest BCUT2D eigenvalue weighted by Crippen LogP contribution is -2.33. The van der Waals surface area contributed by atoms with Gasteiger partial charge in [-0.3, -0.25) is 9.59 Å². The molecule has 1 rings (SSSR count). The molecule has 1 aromatic rings. The first-order chi connectivity index (χ1) is 12.4. The summed E-state index contributed by atoms with van der Waals surface area (Å²) in [6.07, 6.45) is -0.272. The van der Waals surface area contributed by atoms with Crippen LogP contribution in [0.1, 0.15) is 51.0 Å². The Hall–Kier alpha value is -2.28. The van der Waals surface area contributed by atoms with Crippen molar-refractivity contribution < 1.29 is 29.0 Å². The summed E-state index contributed by atoms with van der Waals surface area (Å²) < 4.78 is 10.1. The van der Waals surface area contributed by atoms with E-state index < -0.39 is 30.2 Å². The first kappa shape index (κ1) is 21.8. The van der Waals surface area contributed by atoms with Crippen molar-refractivity contribution in [3.8, 4) is 0 Å². The second-order valence-corrected chi connectivity index (χ2v) is 6.06. The Bertz CT molecular complexity index is 604. The molecule has 0 aromatic heterocycles. The molecule has 0 fully saturated rings. The van der Waals surface area contributed by atoms with E-state index in [4.69, 9.17) is 21.1 Å². The Morgan fingerprint density at radius 2 is 1.77 bits per heavy atom. The number of alkyl carbamates (subject to hydrolysis) is 1. The summed E-state index contributed by atoms with van der Waals surface area (Å²) in [6.45, 7) is 3.62. The normalized spacial score (nSPS) is 12.7. The molecule has 0 aliphatic carbocycles. The summed E-state index contributed by atoms with van der Waals surface area (Å²) in [5.74, 6) is -2.23. The third-order valence-corrected chi connectivity index (χ3v) is 3.84. The minimum Gasteiger partial charge on any atom is -0.481 e. The fraction of sp³-hybridized carbons (Fsp3) is 0.500. The van der Waals surface area contributed by atoms with E-state index in [1.54, 1.807) is 31.2 Å². The molecule has 1 amide bonds. The SMILES string of the molecule is CCCC(OC(=O)CC)OC(=O)NCCC(C(=O)O)c1ccc(Cl)cc1. The predicted octanol–water partition coefficient (Wildman–Crippen LogP) is 3.70. The molecule has 1 aromatic carbocycles. The molecular weight excluding hydrogens is 362 g/mol. The van der Waals surface area contributed by atoms with Gasteiger partial charge in [-0.15, -0.1) is 0 Å². The van der Waals surface area contributed by atoms with E-state index in [1.807, 2.05) is 6.92 Å². The van der Waals surface area contributed by atoms with Crippen molar-refractivity contribution in [1.82, 2.24) is 5.32 Å². The molecule has 2 N–H and O–H groups in total. The number of hydrogen-bond donors (Lipinski definition) is 2. The topological polar surface area (TPSA) is 102 Å². The maximum absolute atomic E-state index is 11.8. The van der Waals surface area contributed by atoms with Gasteiger partial charge in [-0.25, -0.2) is 4.79 Å². The number of ether oxygens (including phenoxy) is 2. The summed E-state index contributed by atoms with van der Waals surface area (Å²) in [4.78, 5) is 34.6. The Balaban J connectivity index is 2.52. The van der Waals surface area contributed by atoms with Crippen LogP contribution in [0.25, 0.3) is 0 Å². The quantitative estimate of drug-likeness (QED) is 0.470. The van der Waals surface area contributed by atoms with Crippen molar-refractivity contribution in [1.29, 1.82) is 0 Å². The zero-order chi connectivity index (χ0) is 19.5. The molecule has 0 saturated heterocycles. The van der Waals surface area contributed by atoms with Crippen LogP contribution in [-0.4, -0.2) is 36.0 Å². The molecule has 0 spiro atoms. The van der Waals surface area contributed by atoms with E-state index in [2.05, 4.69) is 5.32 Å². The number of rotatable bonds is 10. The van der Waals surface area contributed by atoms with Gasteiger partial charge < -0.3 is 19.9 Å². The minimum atomic E-state index is -0.997. The van der Waals surface area contributed by atoms with E-state index in [9.17, 15) is 19.5 Å². The maximum Gasteiger partial charge on any atom is 0.410 e. The molecule has 0 radical (unpaired) electrons. The minimum absolute atomic E-state index is 0.0962. The van der Waals surface area contributed by atoms with Crippen molar-refractivity contribution in [2.45, 2.75) is 51.7 Å². The summed E-state index contributed by atoms with van der Waals surface area (Å²) in [7, 11) is 0. The monoisotopic (exact) mass is 385 g/mol. The number of halogens is 1. The van der Waals surface area contributed by atoms with Crippen LogP contribution in [0.3, 0.4) is 0 Å². The zero-order valence-electron chi connectivity index (χ0n) is 14.9. The van der Waals surface area contributed by atoms with Gasteiger partial charge in [-0.1, -0.05) is 37.6 Å². The van der Waals surface area contributed by atoms with Crippen LogP contribution >= 0.6 is 11.6 Å². The highest BCUT2D eigenvalue weighted by molar-refractivity contribution is 6.30. The Labute approximate surface area is 157 Å².